The number of fused-ring (bicyclic) bond motifs is 7. The Bertz CT molecular complexity index is 3620. The van der Waals surface area contributed by atoms with Crippen molar-refractivity contribution >= 4 is 17.9 Å². The van der Waals surface area contributed by atoms with E-state index in [1.807, 2.05) is 13.8 Å². The number of rotatable bonds is 23. The number of carboxylic acid groups (broad SMARTS) is 1. The lowest BCUT2D eigenvalue weighted by molar-refractivity contribution is -0.413. The minimum absolute atomic E-state index is 0.0451. The molecule has 8 saturated heterocycles. The van der Waals surface area contributed by atoms with Gasteiger partial charge in [-0.15, -0.1) is 0 Å². The van der Waals surface area contributed by atoms with Gasteiger partial charge in [-0.25, -0.2) is 4.79 Å². The number of ether oxygens (including phenoxy) is 17. The summed E-state index contributed by atoms with van der Waals surface area (Å²) >= 11 is 0. The quantitative estimate of drug-likeness (QED) is 0.0199. The Morgan fingerprint density at radius 1 is 0.521 bits per heavy atom. The summed E-state index contributed by atoms with van der Waals surface area (Å²) in [5.74, 6) is -10.6. The summed E-state index contributed by atoms with van der Waals surface area (Å²) < 4.78 is 105. The van der Waals surface area contributed by atoms with E-state index >= 15 is 4.79 Å². The molecule has 0 aromatic rings. The first-order valence-electron chi connectivity index (χ1n) is 42.5. The molecule has 44 atom stereocenters. The van der Waals surface area contributed by atoms with Crippen molar-refractivity contribution in [2.24, 2.45) is 56.2 Å². The van der Waals surface area contributed by atoms with Gasteiger partial charge in [-0.1, -0.05) is 74.0 Å². The van der Waals surface area contributed by atoms with Crippen LogP contribution in [0.15, 0.2) is 11.6 Å². The van der Waals surface area contributed by atoms with Gasteiger partial charge in [0.1, 0.15) is 123 Å². The molecule has 0 bridgehead atoms. The van der Waals surface area contributed by atoms with E-state index in [0.29, 0.717) is 57.8 Å². The van der Waals surface area contributed by atoms with Crippen molar-refractivity contribution in [3.05, 3.63) is 11.6 Å². The van der Waals surface area contributed by atoms with Crippen LogP contribution in [0.3, 0.4) is 0 Å². The number of allylic oxidation sites excluding steroid dienone is 2. The first-order valence-corrected chi connectivity index (χ1v) is 42.5. The number of hydrogen-bond donors (Lipinski definition) is 20. The van der Waals surface area contributed by atoms with E-state index in [9.17, 15) is 112 Å². The molecule has 694 valence electrons. The molecular weight excluding hydrogens is 1610 g/mol. The van der Waals surface area contributed by atoms with Gasteiger partial charge in [-0.2, -0.15) is 0 Å². The molecule has 0 spiro atoms. The normalized spacial score (nSPS) is 52.6. The number of aliphatic hydroxyl groups is 19. The minimum Gasteiger partial charge on any atom is -0.477 e. The van der Waals surface area contributed by atoms with Crippen LogP contribution in [-0.4, -0.2) is 380 Å². The van der Waals surface area contributed by atoms with E-state index in [0.717, 1.165) is 5.57 Å². The van der Waals surface area contributed by atoms with Gasteiger partial charge in [-0.05, 0) is 136 Å². The fourth-order valence-corrected chi connectivity index (χ4v) is 22.3. The van der Waals surface area contributed by atoms with Gasteiger partial charge in [0.15, 0.2) is 55.5 Å². The molecular formula is C81H130O40. The number of carbonyl (C=O) groups excluding carboxylic acids is 2. The lowest BCUT2D eigenvalue weighted by Gasteiger charge is -2.71. The lowest BCUT2D eigenvalue weighted by atomic mass is 9.33. The first kappa shape index (κ1) is 95.4. The monoisotopic (exact) mass is 1740 g/mol. The van der Waals surface area contributed by atoms with Gasteiger partial charge < -0.3 is 183 Å². The molecule has 0 amide bonds. The van der Waals surface area contributed by atoms with Gasteiger partial charge in [-0.3, -0.25) is 9.59 Å². The number of aliphatic carboxylic acids is 1. The zero-order chi connectivity index (χ0) is 88.6. The Morgan fingerprint density at radius 2 is 1.07 bits per heavy atom. The number of esters is 2. The Labute approximate surface area is 699 Å². The van der Waals surface area contributed by atoms with Crippen LogP contribution in [0.1, 0.15) is 160 Å². The molecule has 4 saturated carbocycles. The van der Waals surface area contributed by atoms with Gasteiger partial charge in [0.05, 0.1) is 74.9 Å². The van der Waals surface area contributed by atoms with Crippen LogP contribution in [0, 0.1) is 56.2 Å². The van der Waals surface area contributed by atoms with E-state index in [-0.39, 0.29) is 30.1 Å². The van der Waals surface area contributed by atoms with Crippen LogP contribution in [0.25, 0.3) is 0 Å². The molecule has 40 heteroatoms. The summed E-state index contributed by atoms with van der Waals surface area (Å²) in [6.45, 7) is 18.2. The van der Waals surface area contributed by atoms with Crippen molar-refractivity contribution in [1.82, 2.24) is 0 Å². The molecule has 121 heavy (non-hydrogen) atoms. The van der Waals surface area contributed by atoms with Crippen molar-refractivity contribution in [1.29, 1.82) is 0 Å². The second kappa shape index (κ2) is 35.6. The standard InChI is InChI=1S/C81H130O40/c1-13-32(2)63(98)114-58-35(5)109-69(62(61(58)117-65-52(93)48(89)45(86)33(3)107-65)118-66-55(96)51(92)57(34(4)108-66)115-64-56(97)59(38(85)28-106-64)120-81(104)31-105-30-79(81,102)29-84)119-72(101)78-22-20-73(6,7)24-37(78)36-14-15-43-75(10)18-17-44(74(8,9)42(75)16-19-77(43,12)76(36,11)21-23-78)113-70-60(116-68-54(95)50(91)47(88)41(27-83)112-68)39(25-80(103,121-70)71(99)100)110-67-53(94)49(90)46(87)40(26-82)111-67/h14,32-35,37-62,64-70,82-97,102-104H,13,15-31H2,1-12H3,(H,99,100)/t32-,33?,34?,35?,37?,38?,39?,40?,41?,42?,43?,44-,45+,46+,47-,48?,49?,50?,51?,52?,53?,54?,55?,56?,57-,58+,59-,60?,61?,62?,64+,65-,66-,67+,68-,69-,70+,75-,76+,77+,78-,79?,80?,81+/m0/s1. The summed E-state index contributed by atoms with van der Waals surface area (Å²) in [6.07, 6.45) is -52.2. The van der Waals surface area contributed by atoms with Crippen LogP contribution in [0.2, 0.25) is 0 Å². The summed E-state index contributed by atoms with van der Waals surface area (Å²) in [7, 11) is 0. The molecule has 13 aliphatic rings. The average Bonchev–Trinajstić information content (AvgIpc) is 1.09. The van der Waals surface area contributed by atoms with Crippen molar-refractivity contribution in [2.45, 2.75) is 380 Å². The molecule has 0 aromatic carbocycles. The molecule has 24 unspecified atom stereocenters. The maximum atomic E-state index is 16.5. The Balaban J connectivity index is 0.789. The summed E-state index contributed by atoms with van der Waals surface area (Å²) in [5.41, 5.74) is -5.38. The largest absolute Gasteiger partial charge is 0.477 e. The minimum atomic E-state index is -3.15. The maximum Gasteiger partial charge on any atom is 0.364 e. The molecule has 12 fully saturated rings. The van der Waals surface area contributed by atoms with Gasteiger partial charge in [0.2, 0.25) is 12.1 Å². The molecule has 8 aliphatic heterocycles. The van der Waals surface area contributed by atoms with E-state index in [1.54, 1.807) is 13.8 Å². The second-order valence-corrected chi connectivity index (χ2v) is 38.6. The van der Waals surface area contributed by atoms with Crippen molar-refractivity contribution in [3.63, 3.8) is 0 Å². The number of hydrogen-bond acceptors (Lipinski definition) is 39. The third kappa shape index (κ3) is 16.9. The van der Waals surface area contributed by atoms with Gasteiger partial charge in [0.25, 0.3) is 5.79 Å². The van der Waals surface area contributed by atoms with E-state index < -0.39 is 323 Å². The first-order chi connectivity index (χ1) is 56.6. The van der Waals surface area contributed by atoms with Crippen LogP contribution < -0.4 is 0 Å². The topological polar surface area (TPSA) is 613 Å². The van der Waals surface area contributed by atoms with Gasteiger partial charge >= 0.3 is 17.9 Å². The van der Waals surface area contributed by atoms with E-state index in [4.69, 9.17) is 80.5 Å². The van der Waals surface area contributed by atoms with Crippen LogP contribution in [-0.2, 0) is 94.9 Å². The number of carboxylic acids is 1. The molecule has 8 heterocycles. The van der Waals surface area contributed by atoms with Crippen LogP contribution in [0.4, 0.5) is 0 Å². The van der Waals surface area contributed by atoms with Crippen molar-refractivity contribution < 1.29 is 197 Å². The SMILES string of the molecule is CC[C@H](C)C(=O)O[C@@H]1C(C)O[C@@H](OC(=O)[C@]23CCC(C)(C)CC2C2=CCC4[C@@]5(C)CC[C@H](O[C@@H]6OC(O)(C(=O)O)CC(O[C@@H]7OC(CO)[C@@H](O)C(O)C7O)C6O[C@@H]6OC(CO)[C@H](O)C(O)C6O)C(C)(C)C5CC[C@@]4(C)[C@]2(C)CC3)C(O[C@@H]2OC(C)[C@H](O[C@H]3OCC(O)[C@H](O[C@]4(O)COCC4(O)CO)C3O)C(O)C2O)C1O[C@@H]1OC(C)[C@@H](O)C(O)C1O. The summed E-state index contributed by atoms with van der Waals surface area (Å²) in [4.78, 5) is 43.8. The lowest BCUT2D eigenvalue weighted by Crippen LogP contribution is -2.68. The molecule has 0 aromatic heterocycles. The highest BCUT2D eigenvalue weighted by atomic mass is 16.8. The van der Waals surface area contributed by atoms with E-state index in [2.05, 4.69) is 40.7 Å². The highest BCUT2D eigenvalue weighted by Crippen LogP contribution is 2.76. The van der Waals surface area contributed by atoms with Crippen LogP contribution in [0.5, 0.6) is 0 Å². The average molecular weight is 1740 g/mol. The molecule has 13 rings (SSSR count). The van der Waals surface area contributed by atoms with Gasteiger partial charge in [0, 0.05) is 6.42 Å². The number of aliphatic hydroxyl groups excluding tert-OH is 16. The smallest absolute Gasteiger partial charge is 0.364 e. The predicted octanol–water partition coefficient (Wildman–Crippen LogP) is -4.34. The fourth-order valence-electron chi connectivity index (χ4n) is 22.3. The molecule has 20 N–H and O–H groups in total. The van der Waals surface area contributed by atoms with Crippen LogP contribution >= 0.6 is 0 Å². The number of carbonyl (C=O) groups is 3. The summed E-state index contributed by atoms with van der Waals surface area (Å²) in [5, 5.41) is 222. The zero-order valence-corrected chi connectivity index (χ0v) is 70.3. The zero-order valence-electron chi connectivity index (χ0n) is 70.3. The Hall–Kier alpha value is -3.21. The Kier molecular flexibility index (Phi) is 28.0. The fraction of sp³-hybridized carbons (Fsp3) is 0.938. The predicted molar refractivity (Wildman–Crippen MR) is 401 cm³/mol. The third-order valence-corrected chi connectivity index (χ3v) is 30.4. The third-order valence-electron chi connectivity index (χ3n) is 30.4. The molecule has 0 radical (unpaired) electrons. The highest BCUT2D eigenvalue weighted by molar-refractivity contribution is 5.79. The molecule has 5 aliphatic carbocycles. The second-order valence-electron chi connectivity index (χ2n) is 38.6. The molecule has 40 nitrogen and oxygen atoms in total. The summed E-state index contributed by atoms with van der Waals surface area (Å²) in [6, 6.07) is 0. The van der Waals surface area contributed by atoms with Crippen molar-refractivity contribution in [2.75, 3.05) is 39.6 Å². The maximum absolute atomic E-state index is 16.5. The van der Waals surface area contributed by atoms with Crippen molar-refractivity contribution in [3.8, 4) is 0 Å². The Morgan fingerprint density at radius 3 is 1.69 bits per heavy atom. The highest BCUT2D eigenvalue weighted by Gasteiger charge is 2.72. The van der Waals surface area contributed by atoms with E-state index in [1.165, 1.54) is 20.8 Å².